The van der Waals surface area contributed by atoms with Crippen molar-refractivity contribution in [3.05, 3.63) is 57.5 Å². The number of hydrogen-bond acceptors (Lipinski definition) is 7. The average Bonchev–Trinajstić information content (AvgIpc) is 3.31. The molecule has 0 radical (unpaired) electrons. The zero-order chi connectivity index (χ0) is 23.3. The van der Waals surface area contributed by atoms with Crippen LogP contribution in [-0.2, 0) is 11.3 Å². The van der Waals surface area contributed by atoms with Gasteiger partial charge in [0, 0.05) is 13.1 Å². The Balaban J connectivity index is 1.39. The Hall–Kier alpha value is -3.40. The van der Waals surface area contributed by atoms with Crippen molar-refractivity contribution in [2.75, 3.05) is 19.7 Å². The number of carbonyl (C=O) groups excluding carboxylic acids is 2. The Morgan fingerprint density at radius 1 is 1.16 bits per heavy atom. The van der Waals surface area contributed by atoms with Crippen molar-refractivity contribution in [3.8, 4) is 5.75 Å². The van der Waals surface area contributed by atoms with Crippen LogP contribution in [0.1, 0.15) is 39.0 Å². The van der Waals surface area contributed by atoms with E-state index in [9.17, 15) is 9.59 Å². The van der Waals surface area contributed by atoms with Crippen molar-refractivity contribution in [2.24, 2.45) is 0 Å². The van der Waals surface area contributed by atoms with Gasteiger partial charge >= 0.3 is 11.8 Å². The van der Waals surface area contributed by atoms with Crippen molar-refractivity contribution >= 4 is 23.4 Å². The molecule has 0 spiro atoms. The number of ether oxygens (including phenoxy) is 1. The van der Waals surface area contributed by atoms with E-state index in [1.807, 2.05) is 39.0 Å². The van der Waals surface area contributed by atoms with Crippen molar-refractivity contribution < 1.29 is 18.8 Å². The lowest BCUT2D eigenvalue weighted by Crippen LogP contribution is -2.36. The molecule has 0 saturated heterocycles. The number of rotatable bonds is 9. The van der Waals surface area contributed by atoms with Crippen LogP contribution >= 0.6 is 11.6 Å². The quantitative estimate of drug-likeness (QED) is 0.468. The van der Waals surface area contributed by atoms with Gasteiger partial charge in [-0.2, -0.15) is 10.1 Å². The number of benzene rings is 1. The molecular formula is C21H25ClN6O4. The molecule has 3 aromatic rings. The number of amides is 2. The molecule has 0 atom stereocenters. The Morgan fingerprint density at radius 3 is 2.59 bits per heavy atom. The van der Waals surface area contributed by atoms with Crippen molar-refractivity contribution in [1.82, 2.24) is 30.6 Å². The molecule has 32 heavy (non-hydrogen) atoms. The van der Waals surface area contributed by atoms with Crippen LogP contribution in [0, 0.1) is 27.7 Å². The molecule has 11 heteroatoms. The zero-order valence-corrected chi connectivity index (χ0v) is 19.1. The van der Waals surface area contributed by atoms with Crippen LogP contribution in [-0.4, -0.2) is 51.4 Å². The second kappa shape index (κ2) is 10.3. The van der Waals surface area contributed by atoms with Crippen LogP contribution in [0.3, 0.4) is 0 Å². The Morgan fingerprint density at radius 2 is 1.91 bits per heavy atom. The van der Waals surface area contributed by atoms with E-state index in [2.05, 4.69) is 25.9 Å². The minimum atomic E-state index is -0.532. The Labute approximate surface area is 190 Å². The second-order valence-corrected chi connectivity index (χ2v) is 7.70. The summed E-state index contributed by atoms with van der Waals surface area (Å²) in [6, 6.07) is 5.74. The summed E-state index contributed by atoms with van der Waals surface area (Å²) >= 11 is 6.13. The third-order valence-electron chi connectivity index (χ3n) is 4.67. The van der Waals surface area contributed by atoms with Gasteiger partial charge in [0.05, 0.1) is 16.4 Å². The molecule has 0 unspecified atom stereocenters. The minimum absolute atomic E-state index is 0.110. The van der Waals surface area contributed by atoms with Crippen LogP contribution in [0.2, 0.25) is 5.02 Å². The second-order valence-electron chi connectivity index (χ2n) is 7.32. The fourth-order valence-electron chi connectivity index (χ4n) is 2.98. The highest BCUT2D eigenvalue weighted by Crippen LogP contribution is 2.19. The van der Waals surface area contributed by atoms with Crippen molar-refractivity contribution in [2.45, 2.75) is 34.2 Å². The summed E-state index contributed by atoms with van der Waals surface area (Å²) < 4.78 is 12.2. The first kappa shape index (κ1) is 23.3. The predicted molar refractivity (Wildman–Crippen MR) is 117 cm³/mol. The molecule has 10 nitrogen and oxygen atoms in total. The van der Waals surface area contributed by atoms with Crippen molar-refractivity contribution in [3.63, 3.8) is 0 Å². The molecule has 0 bridgehead atoms. The number of aryl methyl sites for hydroxylation is 3. The van der Waals surface area contributed by atoms with E-state index in [1.54, 1.807) is 11.6 Å². The lowest BCUT2D eigenvalue weighted by molar-refractivity contribution is -0.123. The first-order chi connectivity index (χ1) is 15.2. The normalized spacial score (nSPS) is 10.8. The van der Waals surface area contributed by atoms with Crippen molar-refractivity contribution in [1.29, 1.82) is 0 Å². The van der Waals surface area contributed by atoms with Gasteiger partial charge in [0.15, 0.2) is 12.4 Å². The standard InChI is InChI=1S/C21H25ClN6O4/c1-12-5-6-16(13(2)9-12)31-11-18(29)23-7-8-24-20(30)21-25-17(27-32-21)10-28-15(4)19(22)14(3)26-28/h5-6,9H,7-8,10-11H2,1-4H3,(H,23,29)(H,24,30). The third kappa shape index (κ3) is 5.85. The molecule has 0 fully saturated rings. The Bertz CT molecular complexity index is 1120. The maximum Gasteiger partial charge on any atom is 0.316 e. The van der Waals surface area contributed by atoms with Gasteiger partial charge in [0.2, 0.25) is 0 Å². The lowest BCUT2D eigenvalue weighted by atomic mass is 10.1. The van der Waals surface area contributed by atoms with Crippen LogP contribution < -0.4 is 15.4 Å². The highest BCUT2D eigenvalue weighted by molar-refractivity contribution is 6.31. The van der Waals surface area contributed by atoms with Gasteiger partial charge in [-0.25, -0.2) is 0 Å². The van der Waals surface area contributed by atoms with Gasteiger partial charge in [-0.05, 0) is 39.3 Å². The van der Waals surface area contributed by atoms with E-state index in [4.69, 9.17) is 20.9 Å². The number of aromatic nitrogens is 4. The smallest absolute Gasteiger partial charge is 0.316 e. The molecule has 0 saturated carbocycles. The van der Waals surface area contributed by atoms with E-state index in [1.165, 1.54) is 0 Å². The largest absolute Gasteiger partial charge is 0.484 e. The van der Waals surface area contributed by atoms with Gasteiger partial charge < -0.3 is 19.9 Å². The molecule has 2 amide bonds. The van der Waals surface area contributed by atoms with Gasteiger partial charge in [0.1, 0.15) is 12.3 Å². The third-order valence-corrected chi connectivity index (χ3v) is 5.22. The van der Waals surface area contributed by atoms with Crippen LogP contribution in [0.25, 0.3) is 0 Å². The maximum atomic E-state index is 12.2. The first-order valence-corrected chi connectivity index (χ1v) is 10.4. The van der Waals surface area contributed by atoms with Gasteiger partial charge in [-0.3, -0.25) is 14.3 Å². The fourth-order valence-corrected chi connectivity index (χ4v) is 3.12. The summed E-state index contributed by atoms with van der Waals surface area (Å²) in [5.41, 5.74) is 3.56. The molecule has 2 N–H and O–H groups in total. The SMILES string of the molecule is Cc1ccc(OCC(=O)NCCNC(=O)c2nc(Cn3nc(C)c(Cl)c3C)no2)c(C)c1. The molecule has 2 heterocycles. The van der Waals surface area contributed by atoms with Crippen LogP contribution in [0.4, 0.5) is 0 Å². The van der Waals surface area contributed by atoms with E-state index < -0.39 is 5.91 Å². The zero-order valence-electron chi connectivity index (χ0n) is 18.4. The summed E-state index contributed by atoms with van der Waals surface area (Å²) in [7, 11) is 0. The number of hydrogen-bond donors (Lipinski definition) is 2. The predicted octanol–water partition coefficient (Wildman–Crippen LogP) is 2.13. The van der Waals surface area contributed by atoms with E-state index in [0.29, 0.717) is 22.3 Å². The minimum Gasteiger partial charge on any atom is -0.484 e. The molecule has 0 aliphatic carbocycles. The summed E-state index contributed by atoms with van der Waals surface area (Å²) in [6.07, 6.45) is 0. The lowest BCUT2D eigenvalue weighted by Gasteiger charge is -2.10. The Kier molecular flexibility index (Phi) is 7.47. The number of nitrogens with one attached hydrogen (secondary N) is 2. The summed E-state index contributed by atoms with van der Waals surface area (Å²) in [4.78, 5) is 28.2. The van der Waals surface area contributed by atoms with Crippen LogP contribution in [0.15, 0.2) is 22.7 Å². The van der Waals surface area contributed by atoms with E-state index in [0.717, 1.165) is 16.8 Å². The van der Waals surface area contributed by atoms with Gasteiger partial charge in [-0.15, -0.1) is 0 Å². The van der Waals surface area contributed by atoms with E-state index >= 15 is 0 Å². The summed E-state index contributed by atoms with van der Waals surface area (Å²) in [6.45, 7) is 8.08. The van der Waals surface area contributed by atoms with Gasteiger partial charge in [0.25, 0.3) is 5.91 Å². The average molecular weight is 461 g/mol. The molecule has 1 aromatic carbocycles. The first-order valence-electron chi connectivity index (χ1n) is 10.0. The van der Waals surface area contributed by atoms with Crippen LogP contribution in [0.5, 0.6) is 5.75 Å². The molecule has 2 aromatic heterocycles. The van der Waals surface area contributed by atoms with Gasteiger partial charge in [-0.1, -0.05) is 34.5 Å². The molecule has 3 rings (SSSR count). The monoisotopic (exact) mass is 460 g/mol. The number of nitrogens with zero attached hydrogens (tertiary/aromatic N) is 4. The summed E-state index contributed by atoms with van der Waals surface area (Å²) in [5, 5.41) is 13.9. The maximum absolute atomic E-state index is 12.2. The fraction of sp³-hybridized carbons (Fsp3) is 0.381. The molecular weight excluding hydrogens is 436 g/mol. The summed E-state index contributed by atoms with van der Waals surface area (Å²) in [5.74, 6) is -0.0285. The highest BCUT2D eigenvalue weighted by Gasteiger charge is 2.17. The highest BCUT2D eigenvalue weighted by atomic mass is 35.5. The van der Waals surface area contributed by atoms with E-state index in [-0.39, 0.29) is 38.0 Å². The number of carbonyl (C=O) groups is 2. The number of halogens is 1. The molecule has 170 valence electrons. The topological polar surface area (TPSA) is 124 Å². The molecule has 0 aliphatic heterocycles. The molecule has 0 aliphatic rings.